The Morgan fingerprint density at radius 3 is 2.35 bits per heavy atom. The van der Waals surface area contributed by atoms with Crippen molar-refractivity contribution in [2.45, 2.75) is 0 Å². The molecule has 1 heterocycles. The van der Waals surface area contributed by atoms with E-state index >= 15 is 0 Å². The zero-order valence-corrected chi connectivity index (χ0v) is 10.3. The van der Waals surface area contributed by atoms with Crippen LogP contribution >= 0.6 is 0 Å². The summed E-state index contributed by atoms with van der Waals surface area (Å²) in [6.45, 7) is 0. The van der Waals surface area contributed by atoms with Crippen molar-refractivity contribution in [3.8, 4) is 0 Å². The number of nitrogen functional groups attached to an aromatic ring is 2. The Bertz CT molecular complexity index is 758. The van der Waals surface area contributed by atoms with Gasteiger partial charge in [-0.3, -0.25) is 9.59 Å². The van der Waals surface area contributed by atoms with Crippen LogP contribution < -0.4 is 16.4 Å². The van der Waals surface area contributed by atoms with E-state index in [4.69, 9.17) is 11.5 Å². The molecule has 2 amide bonds. The molecule has 5 nitrogen and oxygen atoms in total. The maximum atomic E-state index is 13.2. The molecule has 0 aromatic heterocycles. The van der Waals surface area contributed by atoms with E-state index in [0.717, 1.165) is 11.0 Å². The molecule has 0 fully saturated rings. The van der Waals surface area contributed by atoms with Gasteiger partial charge in [0.05, 0.1) is 22.5 Å². The molecule has 3 rings (SSSR count). The Morgan fingerprint density at radius 1 is 0.950 bits per heavy atom. The number of nitrogens with zero attached hydrogens (tertiary/aromatic N) is 1. The van der Waals surface area contributed by atoms with E-state index in [1.54, 1.807) is 12.1 Å². The fourth-order valence-corrected chi connectivity index (χ4v) is 2.22. The molecule has 0 bridgehead atoms. The molecule has 0 saturated carbocycles. The molecule has 4 N–H and O–H groups in total. The first-order valence-electron chi connectivity index (χ1n) is 5.83. The molecular weight excluding hydrogens is 261 g/mol. The minimum atomic E-state index is -0.607. The molecule has 6 heteroatoms. The molecule has 0 radical (unpaired) electrons. The summed E-state index contributed by atoms with van der Waals surface area (Å²) >= 11 is 0. The van der Waals surface area contributed by atoms with Crippen LogP contribution in [0, 0.1) is 5.82 Å². The molecule has 0 aliphatic carbocycles. The van der Waals surface area contributed by atoms with Crippen molar-refractivity contribution in [3.05, 3.63) is 53.3 Å². The standard InChI is InChI=1S/C14H10FN3O2/c15-9-5-4-7(6-11(9)17)18-13(19)8-2-1-3-10(16)12(8)14(18)20/h1-6H,16-17H2. The lowest BCUT2D eigenvalue weighted by Gasteiger charge is -2.14. The number of fused-ring (bicyclic) bond motifs is 1. The molecule has 0 atom stereocenters. The number of hydrogen-bond acceptors (Lipinski definition) is 4. The molecule has 1 aliphatic rings. The third-order valence-electron chi connectivity index (χ3n) is 3.18. The minimum absolute atomic E-state index is 0.132. The molecule has 0 spiro atoms. The number of anilines is 3. The van der Waals surface area contributed by atoms with Crippen molar-refractivity contribution in [1.29, 1.82) is 0 Å². The molecule has 100 valence electrons. The highest BCUT2D eigenvalue weighted by Gasteiger charge is 2.38. The van der Waals surface area contributed by atoms with Crippen molar-refractivity contribution in [2.75, 3.05) is 16.4 Å². The summed E-state index contributed by atoms with van der Waals surface area (Å²) in [6.07, 6.45) is 0. The van der Waals surface area contributed by atoms with Gasteiger partial charge in [-0.1, -0.05) is 6.07 Å². The monoisotopic (exact) mass is 271 g/mol. The van der Waals surface area contributed by atoms with Gasteiger partial charge >= 0.3 is 0 Å². The quantitative estimate of drug-likeness (QED) is 0.611. The van der Waals surface area contributed by atoms with Gasteiger partial charge in [-0.25, -0.2) is 9.29 Å². The van der Waals surface area contributed by atoms with Gasteiger partial charge in [-0.15, -0.1) is 0 Å². The number of nitrogens with two attached hydrogens (primary N) is 2. The molecule has 2 aromatic rings. The molecule has 20 heavy (non-hydrogen) atoms. The number of imide groups is 1. The van der Waals surface area contributed by atoms with Crippen molar-refractivity contribution in [3.63, 3.8) is 0 Å². The van der Waals surface area contributed by atoms with Gasteiger partial charge < -0.3 is 11.5 Å². The van der Waals surface area contributed by atoms with Gasteiger partial charge in [-0.05, 0) is 30.3 Å². The summed E-state index contributed by atoms with van der Waals surface area (Å²) in [6, 6.07) is 8.35. The van der Waals surface area contributed by atoms with Crippen LogP contribution in [0.2, 0.25) is 0 Å². The maximum absolute atomic E-state index is 13.2. The van der Waals surface area contributed by atoms with Crippen LogP contribution in [0.15, 0.2) is 36.4 Å². The lowest BCUT2D eigenvalue weighted by atomic mass is 10.1. The zero-order chi connectivity index (χ0) is 14.4. The second kappa shape index (κ2) is 4.06. The first-order chi connectivity index (χ1) is 9.50. The second-order valence-corrected chi connectivity index (χ2v) is 4.42. The van der Waals surface area contributed by atoms with Crippen molar-refractivity contribution >= 4 is 28.9 Å². The second-order valence-electron chi connectivity index (χ2n) is 4.42. The predicted molar refractivity (Wildman–Crippen MR) is 72.8 cm³/mol. The van der Waals surface area contributed by atoms with Gasteiger partial charge in [0.1, 0.15) is 5.82 Å². The third-order valence-corrected chi connectivity index (χ3v) is 3.18. The average Bonchev–Trinajstić information content (AvgIpc) is 2.67. The molecule has 0 unspecified atom stereocenters. The van der Waals surface area contributed by atoms with E-state index in [9.17, 15) is 14.0 Å². The topological polar surface area (TPSA) is 89.4 Å². The fourth-order valence-electron chi connectivity index (χ4n) is 2.22. The fraction of sp³-hybridized carbons (Fsp3) is 0. The Balaban J connectivity index is 2.14. The zero-order valence-electron chi connectivity index (χ0n) is 10.3. The number of carbonyl (C=O) groups is 2. The van der Waals surface area contributed by atoms with E-state index in [-0.39, 0.29) is 28.2 Å². The van der Waals surface area contributed by atoms with E-state index in [1.165, 1.54) is 18.2 Å². The van der Waals surface area contributed by atoms with Gasteiger partial charge in [0, 0.05) is 5.69 Å². The van der Waals surface area contributed by atoms with Crippen LogP contribution in [-0.2, 0) is 0 Å². The summed E-state index contributed by atoms with van der Waals surface area (Å²) in [5.74, 6) is -1.64. The first kappa shape index (κ1) is 12.2. The average molecular weight is 271 g/mol. The molecular formula is C14H10FN3O2. The van der Waals surface area contributed by atoms with Gasteiger partial charge in [0.25, 0.3) is 11.8 Å². The smallest absolute Gasteiger partial charge is 0.268 e. The Hall–Kier alpha value is -2.89. The predicted octanol–water partition coefficient (Wildman–Crippen LogP) is 1.79. The highest BCUT2D eigenvalue weighted by atomic mass is 19.1. The summed E-state index contributed by atoms with van der Waals surface area (Å²) in [5.41, 5.74) is 11.9. The van der Waals surface area contributed by atoms with Crippen molar-refractivity contribution in [2.24, 2.45) is 0 Å². The van der Waals surface area contributed by atoms with Gasteiger partial charge in [-0.2, -0.15) is 0 Å². The number of benzene rings is 2. The van der Waals surface area contributed by atoms with Gasteiger partial charge in [0.15, 0.2) is 0 Å². The molecule has 0 saturated heterocycles. The largest absolute Gasteiger partial charge is 0.398 e. The Kier molecular flexibility index (Phi) is 2.47. The van der Waals surface area contributed by atoms with Crippen LogP contribution in [0.4, 0.5) is 21.5 Å². The minimum Gasteiger partial charge on any atom is -0.398 e. The van der Waals surface area contributed by atoms with Crippen LogP contribution in [-0.4, -0.2) is 11.8 Å². The summed E-state index contributed by atoms with van der Waals surface area (Å²) < 4.78 is 13.2. The first-order valence-corrected chi connectivity index (χ1v) is 5.83. The molecule has 1 aliphatic heterocycles. The Morgan fingerprint density at radius 2 is 1.70 bits per heavy atom. The summed E-state index contributed by atoms with van der Waals surface area (Å²) in [5, 5.41) is 0. The summed E-state index contributed by atoms with van der Waals surface area (Å²) in [4.78, 5) is 25.5. The van der Waals surface area contributed by atoms with Crippen LogP contribution in [0.1, 0.15) is 20.7 Å². The Labute approximate surface area is 113 Å². The van der Waals surface area contributed by atoms with Crippen molar-refractivity contribution in [1.82, 2.24) is 0 Å². The number of rotatable bonds is 1. The number of carbonyl (C=O) groups excluding carboxylic acids is 2. The van der Waals surface area contributed by atoms with Gasteiger partial charge in [0.2, 0.25) is 0 Å². The maximum Gasteiger partial charge on any atom is 0.268 e. The van der Waals surface area contributed by atoms with Crippen molar-refractivity contribution < 1.29 is 14.0 Å². The van der Waals surface area contributed by atoms with Crippen LogP contribution in [0.5, 0.6) is 0 Å². The number of amides is 2. The number of halogens is 1. The van der Waals surface area contributed by atoms with Crippen LogP contribution in [0.25, 0.3) is 0 Å². The van der Waals surface area contributed by atoms with E-state index in [0.29, 0.717) is 0 Å². The third kappa shape index (κ3) is 1.55. The summed E-state index contributed by atoms with van der Waals surface area (Å²) in [7, 11) is 0. The van der Waals surface area contributed by atoms with E-state index < -0.39 is 17.6 Å². The lowest BCUT2D eigenvalue weighted by molar-refractivity contribution is 0.0926. The lowest BCUT2D eigenvalue weighted by Crippen LogP contribution is -2.29. The normalized spacial score (nSPS) is 13.8. The number of hydrogen-bond donors (Lipinski definition) is 2. The van der Waals surface area contributed by atoms with Crippen LogP contribution in [0.3, 0.4) is 0 Å². The molecule has 2 aromatic carbocycles. The van der Waals surface area contributed by atoms with E-state index in [1.807, 2.05) is 0 Å². The van der Waals surface area contributed by atoms with E-state index in [2.05, 4.69) is 0 Å². The SMILES string of the molecule is Nc1cc(N2C(=O)c3cccc(N)c3C2=O)ccc1F. The highest BCUT2D eigenvalue weighted by molar-refractivity contribution is 6.36. The highest BCUT2D eigenvalue weighted by Crippen LogP contribution is 2.32.